The summed E-state index contributed by atoms with van der Waals surface area (Å²) in [6.07, 6.45) is 3.60. The number of nitriles is 1. The molecule has 0 bridgehead atoms. The van der Waals surface area contributed by atoms with Crippen molar-refractivity contribution in [3.05, 3.63) is 65.2 Å². The number of aryl methyl sites for hydroxylation is 1. The number of amides is 1. The predicted octanol–water partition coefficient (Wildman–Crippen LogP) is 4.26. The van der Waals surface area contributed by atoms with Crippen molar-refractivity contribution in [3.63, 3.8) is 0 Å². The first kappa shape index (κ1) is 15.9. The number of carbonyl (C=O) groups is 1. The normalized spacial score (nSPS) is 10.9. The van der Waals surface area contributed by atoms with Crippen molar-refractivity contribution in [1.29, 1.82) is 5.26 Å². The molecule has 2 aromatic carbocycles. The third-order valence-corrected chi connectivity index (χ3v) is 3.93. The summed E-state index contributed by atoms with van der Waals surface area (Å²) >= 11 is 1.65. The highest BCUT2D eigenvalue weighted by atomic mass is 32.2. The first-order valence-electron chi connectivity index (χ1n) is 6.77. The lowest BCUT2D eigenvalue weighted by Gasteiger charge is -2.07. The van der Waals surface area contributed by atoms with Gasteiger partial charge in [-0.05, 0) is 48.6 Å². The third-order valence-electron chi connectivity index (χ3n) is 3.19. The quantitative estimate of drug-likeness (QED) is 0.521. The van der Waals surface area contributed by atoms with Crippen molar-refractivity contribution in [2.45, 2.75) is 11.8 Å². The maximum Gasteiger partial charge on any atom is 0.266 e. The van der Waals surface area contributed by atoms with Crippen LogP contribution in [-0.2, 0) is 4.79 Å². The monoisotopic (exact) mass is 308 g/mol. The molecular formula is C18H16N2OS. The van der Waals surface area contributed by atoms with E-state index >= 15 is 0 Å². The van der Waals surface area contributed by atoms with Gasteiger partial charge in [-0.15, -0.1) is 11.8 Å². The van der Waals surface area contributed by atoms with Crippen LogP contribution in [0.4, 0.5) is 5.69 Å². The predicted molar refractivity (Wildman–Crippen MR) is 91.6 cm³/mol. The molecule has 1 amide bonds. The summed E-state index contributed by atoms with van der Waals surface area (Å²) in [5.74, 6) is -0.397. The van der Waals surface area contributed by atoms with Gasteiger partial charge in [-0.2, -0.15) is 5.26 Å². The number of thioether (sulfide) groups is 1. The largest absolute Gasteiger partial charge is 0.321 e. The van der Waals surface area contributed by atoms with E-state index in [0.717, 1.165) is 16.0 Å². The molecule has 0 spiro atoms. The Morgan fingerprint density at radius 2 is 1.86 bits per heavy atom. The zero-order chi connectivity index (χ0) is 15.9. The summed E-state index contributed by atoms with van der Waals surface area (Å²) < 4.78 is 0. The van der Waals surface area contributed by atoms with Crippen LogP contribution in [0, 0.1) is 18.3 Å². The van der Waals surface area contributed by atoms with E-state index in [1.165, 1.54) is 0 Å². The molecule has 3 nitrogen and oxygen atoms in total. The maximum atomic E-state index is 12.2. The van der Waals surface area contributed by atoms with Crippen LogP contribution in [0.3, 0.4) is 0 Å². The highest BCUT2D eigenvalue weighted by Crippen LogP contribution is 2.18. The van der Waals surface area contributed by atoms with Crippen LogP contribution in [0.5, 0.6) is 0 Å². The van der Waals surface area contributed by atoms with Crippen molar-refractivity contribution in [2.24, 2.45) is 0 Å². The molecule has 0 atom stereocenters. The van der Waals surface area contributed by atoms with Gasteiger partial charge in [0.05, 0.1) is 0 Å². The number of rotatable bonds is 4. The van der Waals surface area contributed by atoms with E-state index in [-0.39, 0.29) is 5.57 Å². The zero-order valence-corrected chi connectivity index (χ0v) is 13.3. The van der Waals surface area contributed by atoms with E-state index in [1.54, 1.807) is 17.8 Å². The van der Waals surface area contributed by atoms with E-state index in [1.807, 2.05) is 67.8 Å². The molecular weight excluding hydrogens is 292 g/mol. The SMILES string of the molecule is CSc1ccc(C=C(C#N)C(=O)Nc2ccccc2C)cc1. The molecule has 1 N–H and O–H groups in total. The Balaban J connectivity index is 2.20. The molecule has 0 fully saturated rings. The lowest BCUT2D eigenvalue weighted by molar-refractivity contribution is -0.112. The highest BCUT2D eigenvalue weighted by Gasteiger charge is 2.10. The highest BCUT2D eigenvalue weighted by molar-refractivity contribution is 7.98. The molecule has 0 aliphatic rings. The molecule has 0 aromatic heterocycles. The van der Waals surface area contributed by atoms with E-state index in [4.69, 9.17) is 0 Å². The van der Waals surface area contributed by atoms with Gasteiger partial charge < -0.3 is 5.32 Å². The molecule has 2 rings (SSSR count). The third kappa shape index (κ3) is 4.00. The van der Waals surface area contributed by atoms with Crippen molar-refractivity contribution < 1.29 is 4.79 Å². The van der Waals surface area contributed by atoms with Gasteiger partial charge in [-0.1, -0.05) is 30.3 Å². The fraction of sp³-hybridized carbons (Fsp3) is 0.111. The maximum absolute atomic E-state index is 12.2. The van der Waals surface area contributed by atoms with Crippen LogP contribution >= 0.6 is 11.8 Å². The van der Waals surface area contributed by atoms with E-state index in [2.05, 4.69) is 5.32 Å². The number of nitrogens with zero attached hydrogens (tertiary/aromatic N) is 1. The number of carbonyl (C=O) groups excluding carboxylic acids is 1. The average molecular weight is 308 g/mol. The smallest absolute Gasteiger partial charge is 0.266 e. The number of para-hydroxylation sites is 1. The van der Waals surface area contributed by atoms with E-state index in [9.17, 15) is 10.1 Å². The summed E-state index contributed by atoms with van der Waals surface area (Å²) in [7, 11) is 0. The number of nitrogens with one attached hydrogen (secondary N) is 1. The second-order valence-corrected chi connectivity index (χ2v) is 5.59. The molecule has 2 aromatic rings. The van der Waals surface area contributed by atoms with Crippen molar-refractivity contribution >= 4 is 29.4 Å². The molecule has 0 aliphatic heterocycles. The van der Waals surface area contributed by atoms with E-state index < -0.39 is 5.91 Å². The van der Waals surface area contributed by atoms with Gasteiger partial charge in [0.15, 0.2) is 0 Å². The van der Waals surface area contributed by atoms with Crippen LogP contribution in [0.1, 0.15) is 11.1 Å². The Labute approximate surface area is 134 Å². The molecule has 0 aliphatic carbocycles. The minimum absolute atomic E-state index is 0.0835. The molecule has 0 saturated carbocycles. The van der Waals surface area contributed by atoms with Crippen molar-refractivity contribution in [2.75, 3.05) is 11.6 Å². The van der Waals surface area contributed by atoms with Crippen LogP contribution in [0.15, 0.2) is 59.0 Å². The second-order valence-electron chi connectivity index (χ2n) is 4.71. The van der Waals surface area contributed by atoms with Gasteiger partial charge in [0, 0.05) is 10.6 Å². The number of benzene rings is 2. The van der Waals surface area contributed by atoms with Crippen molar-refractivity contribution in [3.8, 4) is 6.07 Å². The van der Waals surface area contributed by atoms with Gasteiger partial charge >= 0.3 is 0 Å². The van der Waals surface area contributed by atoms with Crippen LogP contribution in [-0.4, -0.2) is 12.2 Å². The summed E-state index contributed by atoms with van der Waals surface area (Å²) in [5, 5.41) is 12.0. The first-order chi connectivity index (χ1) is 10.6. The molecule has 22 heavy (non-hydrogen) atoms. The Morgan fingerprint density at radius 3 is 2.45 bits per heavy atom. The fourth-order valence-corrected chi connectivity index (χ4v) is 2.33. The van der Waals surface area contributed by atoms with Gasteiger partial charge in [-0.25, -0.2) is 0 Å². The Morgan fingerprint density at radius 1 is 1.18 bits per heavy atom. The van der Waals surface area contributed by atoms with Crippen LogP contribution in [0.2, 0.25) is 0 Å². The first-order valence-corrected chi connectivity index (χ1v) is 7.99. The summed E-state index contributed by atoms with van der Waals surface area (Å²) in [6, 6.07) is 17.1. The molecule has 110 valence electrons. The zero-order valence-electron chi connectivity index (χ0n) is 12.5. The molecule has 4 heteroatoms. The molecule has 0 unspecified atom stereocenters. The number of hydrogen-bond donors (Lipinski definition) is 1. The lowest BCUT2D eigenvalue weighted by Crippen LogP contribution is -2.14. The van der Waals surface area contributed by atoms with Gasteiger partial charge in [-0.3, -0.25) is 4.79 Å². The standard InChI is InChI=1S/C18H16N2OS/c1-13-5-3-4-6-17(13)20-18(21)15(12-19)11-14-7-9-16(22-2)10-8-14/h3-11H,1-2H3,(H,20,21). The minimum Gasteiger partial charge on any atom is -0.321 e. The topological polar surface area (TPSA) is 52.9 Å². The number of anilines is 1. The van der Waals surface area contributed by atoms with Crippen LogP contribution < -0.4 is 5.32 Å². The summed E-state index contributed by atoms with van der Waals surface area (Å²) in [4.78, 5) is 13.4. The lowest BCUT2D eigenvalue weighted by atomic mass is 10.1. The van der Waals surface area contributed by atoms with Crippen LogP contribution in [0.25, 0.3) is 6.08 Å². The van der Waals surface area contributed by atoms with Gasteiger partial charge in [0.25, 0.3) is 5.91 Å². The van der Waals surface area contributed by atoms with Crippen molar-refractivity contribution in [1.82, 2.24) is 0 Å². The minimum atomic E-state index is -0.397. The number of hydrogen-bond acceptors (Lipinski definition) is 3. The fourth-order valence-electron chi connectivity index (χ4n) is 1.92. The summed E-state index contributed by atoms with van der Waals surface area (Å²) in [6.45, 7) is 1.91. The van der Waals surface area contributed by atoms with Gasteiger partial charge in [0.1, 0.15) is 11.6 Å². The van der Waals surface area contributed by atoms with E-state index in [0.29, 0.717) is 5.69 Å². The Hall–Kier alpha value is -2.51. The molecule has 0 radical (unpaired) electrons. The molecule has 0 saturated heterocycles. The van der Waals surface area contributed by atoms with Gasteiger partial charge in [0.2, 0.25) is 0 Å². The second kappa shape index (κ2) is 7.48. The Bertz CT molecular complexity index is 742. The Kier molecular flexibility index (Phi) is 5.40. The summed E-state index contributed by atoms with van der Waals surface area (Å²) in [5.41, 5.74) is 2.58. The molecule has 0 heterocycles. The average Bonchev–Trinajstić information content (AvgIpc) is 2.55.